The fourth-order valence-electron chi connectivity index (χ4n) is 3.64. The Kier molecular flexibility index (Phi) is 7.16. The quantitative estimate of drug-likeness (QED) is 0.794. The van der Waals surface area contributed by atoms with Crippen LogP contribution in [0, 0.1) is 11.8 Å². The Hall–Kier alpha value is -0.280. The van der Waals surface area contributed by atoms with Crippen LogP contribution < -0.4 is 5.73 Å². The number of carbonyl (C=O) groups is 1. The summed E-state index contributed by atoms with van der Waals surface area (Å²) in [5.74, 6) is 1.25. The third-order valence-corrected chi connectivity index (χ3v) is 4.84. The van der Waals surface area contributed by atoms with Gasteiger partial charge in [-0.05, 0) is 31.6 Å². The number of nitrogens with two attached hydrogens (primary N) is 1. The summed E-state index contributed by atoms with van der Waals surface area (Å²) in [5, 5.41) is 0. The fraction of sp³-hybridized carbons (Fsp3) is 0.933. The van der Waals surface area contributed by atoms with Gasteiger partial charge in [-0.15, -0.1) is 12.4 Å². The van der Waals surface area contributed by atoms with E-state index in [4.69, 9.17) is 5.73 Å². The lowest BCUT2D eigenvalue weighted by atomic mass is 9.88. The van der Waals surface area contributed by atoms with Crippen LogP contribution in [-0.2, 0) is 4.79 Å². The second kappa shape index (κ2) is 8.11. The van der Waals surface area contributed by atoms with E-state index in [2.05, 4.69) is 11.8 Å². The van der Waals surface area contributed by atoms with Crippen molar-refractivity contribution in [3.8, 4) is 0 Å². The van der Waals surface area contributed by atoms with Gasteiger partial charge >= 0.3 is 0 Å². The molecule has 0 aromatic heterocycles. The molecule has 3 nitrogen and oxygen atoms in total. The van der Waals surface area contributed by atoms with Crippen LogP contribution in [0.5, 0.6) is 0 Å². The first-order valence-corrected chi connectivity index (χ1v) is 7.74. The van der Waals surface area contributed by atoms with Gasteiger partial charge in [-0.2, -0.15) is 0 Å². The van der Waals surface area contributed by atoms with Crippen LogP contribution >= 0.6 is 12.4 Å². The third kappa shape index (κ3) is 4.09. The number of piperidine rings is 1. The third-order valence-electron chi connectivity index (χ3n) is 4.84. The Labute approximate surface area is 123 Å². The fourth-order valence-corrected chi connectivity index (χ4v) is 3.64. The summed E-state index contributed by atoms with van der Waals surface area (Å²) in [4.78, 5) is 14.8. The molecule has 19 heavy (non-hydrogen) atoms. The second-order valence-electron chi connectivity index (χ2n) is 6.14. The molecule has 0 spiro atoms. The average Bonchev–Trinajstić information content (AvgIpc) is 2.66. The van der Waals surface area contributed by atoms with Crippen LogP contribution in [-0.4, -0.2) is 29.9 Å². The molecule has 0 radical (unpaired) electrons. The van der Waals surface area contributed by atoms with Crippen LogP contribution in [0.4, 0.5) is 0 Å². The molecule has 1 saturated carbocycles. The van der Waals surface area contributed by atoms with E-state index >= 15 is 0 Å². The predicted octanol–water partition coefficient (Wildman–Crippen LogP) is 2.96. The maximum atomic E-state index is 12.7. The first kappa shape index (κ1) is 16.8. The molecule has 2 atom stereocenters. The van der Waals surface area contributed by atoms with E-state index < -0.39 is 0 Å². The Balaban J connectivity index is 0.00000180. The Bertz CT molecular complexity index is 277. The molecule has 4 heteroatoms. The van der Waals surface area contributed by atoms with Gasteiger partial charge in [0.25, 0.3) is 0 Å². The molecule has 2 unspecified atom stereocenters. The first-order chi connectivity index (χ1) is 8.74. The zero-order chi connectivity index (χ0) is 13.0. The number of rotatable bonds is 2. The van der Waals surface area contributed by atoms with Crippen LogP contribution in [0.15, 0.2) is 0 Å². The number of halogens is 1. The largest absolute Gasteiger partial charge is 0.338 e. The molecule has 2 N–H and O–H groups in total. The van der Waals surface area contributed by atoms with E-state index in [1.165, 1.54) is 32.1 Å². The molecule has 2 fully saturated rings. The van der Waals surface area contributed by atoms with Crippen LogP contribution in [0.1, 0.15) is 58.3 Å². The molecule has 1 aliphatic carbocycles. The van der Waals surface area contributed by atoms with Crippen molar-refractivity contribution in [2.45, 2.75) is 64.3 Å². The monoisotopic (exact) mass is 288 g/mol. The van der Waals surface area contributed by atoms with Crippen LogP contribution in [0.25, 0.3) is 0 Å². The Morgan fingerprint density at radius 3 is 2.32 bits per heavy atom. The van der Waals surface area contributed by atoms with Crippen LogP contribution in [0.3, 0.4) is 0 Å². The van der Waals surface area contributed by atoms with Gasteiger partial charge in [-0.3, -0.25) is 4.79 Å². The van der Waals surface area contributed by atoms with Crippen molar-refractivity contribution in [1.29, 1.82) is 0 Å². The number of carbonyl (C=O) groups excluding carboxylic acids is 1. The SMILES string of the molecule is CC1CCCN(C(=O)C2CCCCCC2)C1CN.Cl. The molecule has 1 saturated heterocycles. The lowest BCUT2D eigenvalue weighted by Gasteiger charge is -2.41. The van der Waals surface area contributed by atoms with E-state index in [9.17, 15) is 4.79 Å². The summed E-state index contributed by atoms with van der Waals surface area (Å²) in [5.41, 5.74) is 5.89. The van der Waals surface area contributed by atoms with Crippen molar-refractivity contribution in [3.63, 3.8) is 0 Å². The number of hydrogen-bond donors (Lipinski definition) is 1. The lowest BCUT2D eigenvalue weighted by molar-refractivity contribution is -0.140. The highest BCUT2D eigenvalue weighted by atomic mass is 35.5. The highest BCUT2D eigenvalue weighted by molar-refractivity contribution is 5.85. The van der Waals surface area contributed by atoms with Gasteiger partial charge in [-0.1, -0.05) is 32.6 Å². The smallest absolute Gasteiger partial charge is 0.225 e. The van der Waals surface area contributed by atoms with E-state index in [0.717, 1.165) is 25.8 Å². The van der Waals surface area contributed by atoms with Gasteiger partial charge in [0.15, 0.2) is 0 Å². The number of hydrogen-bond acceptors (Lipinski definition) is 2. The molecular formula is C15H29ClN2O. The first-order valence-electron chi connectivity index (χ1n) is 7.74. The molecule has 1 aliphatic heterocycles. The summed E-state index contributed by atoms with van der Waals surface area (Å²) >= 11 is 0. The standard InChI is InChI=1S/C15H28N2O.ClH/c1-12-7-6-10-17(14(12)11-16)15(18)13-8-4-2-3-5-9-13;/h12-14H,2-11,16H2,1H3;1H. The van der Waals surface area contributed by atoms with Crippen molar-refractivity contribution >= 4 is 18.3 Å². The predicted molar refractivity (Wildman–Crippen MR) is 81.4 cm³/mol. The van der Waals surface area contributed by atoms with Gasteiger partial charge in [0.05, 0.1) is 0 Å². The maximum Gasteiger partial charge on any atom is 0.225 e. The Morgan fingerprint density at radius 2 is 1.74 bits per heavy atom. The summed E-state index contributed by atoms with van der Waals surface area (Å²) in [7, 11) is 0. The minimum Gasteiger partial charge on any atom is -0.338 e. The molecule has 2 rings (SSSR count). The molecular weight excluding hydrogens is 260 g/mol. The highest BCUT2D eigenvalue weighted by Crippen LogP contribution is 2.29. The van der Waals surface area contributed by atoms with E-state index in [-0.39, 0.29) is 24.4 Å². The van der Waals surface area contributed by atoms with Gasteiger partial charge < -0.3 is 10.6 Å². The number of nitrogens with zero attached hydrogens (tertiary/aromatic N) is 1. The highest BCUT2D eigenvalue weighted by Gasteiger charge is 2.34. The molecule has 1 amide bonds. The van der Waals surface area contributed by atoms with Crippen molar-refractivity contribution < 1.29 is 4.79 Å². The number of amides is 1. The summed E-state index contributed by atoms with van der Waals surface area (Å²) in [6.07, 6.45) is 9.63. The summed E-state index contributed by atoms with van der Waals surface area (Å²) < 4.78 is 0. The topological polar surface area (TPSA) is 46.3 Å². The van der Waals surface area contributed by atoms with Crippen molar-refractivity contribution in [2.75, 3.05) is 13.1 Å². The van der Waals surface area contributed by atoms with Crippen molar-refractivity contribution in [1.82, 2.24) is 4.90 Å². The van der Waals surface area contributed by atoms with E-state index in [1.54, 1.807) is 0 Å². The number of likely N-dealkylation sites (tertiary alicyclic amines) is 1. The maximum absolute atomic E-state index is 12.7. The van der Waals surface area contributed by atoms with Gasteiger partial charge in [-0.25, -0.2) is 0 Å². The molecule has 0 bridgehead atoms. The van der Waals surface area contributed by atoms with Gasteiger partial charge in [0, 0.05) is 25.0 Å². The van der Waals surface area contributed by atoms with Gasteiger partial charge in [0.2, 0.25) is 5.91 Å². The molecule has 112 valence electrons. The molecule has 2 aliphatic rings. The second-order valence-corrected chi connectivity index (χ2v) is 6.14. The average molecular weight is 289 g/mol. The van der Waals surface area contributed by atoms with Crippen molar-refractivity contribution in [3.05, 3.63) is 0 Å². The molecule has 1 heterocycles. The minimum atomic E-state index is 0. The molecule has 0 aromatic carbocycles. The summed E-state index contributed by atoms with van der Waals surface area (Å²) in [6, 6.07) is 0.287. The molecule has 0 aromatic rings. The Morgan fingerprint density at radius 1 is 1.11 bits per heavy atom. The zero-order valence-corrected chi connectivity index (χ0v) is 13.0. The van der Waals surface area contributed by atoms with E-state index in [1.807, 2.05) is 0 Å². The summed E-state index contributed by atoms with van der Waals surface area (Å²) in [6.45, 7) is 3.80. The minimum absolute atomic E-state index is 0. The van der Waals surface area contributed by atoms with Crippen molar-refractivity contribution in [2.24, 2.45) is 17.6 Å². The normalized spacial score (nSPS) is 29.5. The van der Waals surface area contributed by atoms with E-state index in [0.29, 0.717) is 18.4 Å². The lowest BCUT2D eigenvalue weighted by Crippen LogP contribution is -2.53. The van der Waals surface area contributed by atoms with Crippen LogP contribution in [0.2, 0.25) is 0 Å². The zero-order valence-electron chi connectivity index (χ0n) is 12.1. The van der Waals surface area contributed by atoms with Gasteiger partial charge in [0.1, 0.15) is 0 Å².